The van der Waals surface area contributed by atoms with E-state index in [9.17, 15) is 0 Å². The van der Waals surface area contributed by atoms with Crippen molar-refractivity contribution in [1.82, 2.24) is 0 Å². The number of nitrogens with zero attached hydrogens (tertiary/aromatic N) is 1. The van der Waals surface area contributed by atoms with Crippen molar-refractivity contribution in [3.05, 3.63) is 23.8 Å². The minimum absolute atomic E-state index is 0.326. The van der Waals surface area contributed by atoms with Crippen molar-refractivity contribution in [2.45, 2.75) is 58.6 Å². The minimum Gasteiger partial charge on any atom is -0.490 e. The van der Waals surface area contributed by atoms with E-state index in [4.69, 9.17) is 10.5 Å². The first kappa shape index (κ1) is 15.2. The number of hydrogen-bond acceptors (Lipinski definition) is 3. The van der Waals surface area contributed by atoms with Crippen molar-refractivity contribution in [1.29, 1.82) is 0 Å². The second kappa shape index (κ2) is 6.98. The molecule has 2 rings (SSSR count). The molecule has 1 saturated heterocycles. The summed E-state index contributed by atoms with van der Waals surface area (Å²) in [4.78, 5) is 2.43. The van der Waals surface area contributed by atoms with Crippen molar-refractivity contribution in [2.24, 2.45) is 5.73 Å². The Bertz CT molecular complexity index is 421. The first-order valence-corrected chi connectivity index (χ1v) is 7.91. The van der Waals surface area contributed by atoms with Gasteiger partial charge in [0.2, 0.25) is 0 Å². The third-order valence-corrected chi connectivity index (χ3v) is 4.27. The molecule has 20 heavy (non-hydrogen) atoms. The molecular weight excluding hydrogens is 248 g/mol. The van der Waals surface area contributed by atoms with Crippen molar-refractivity contribution >= 4 is 5.69 Å². The Morgan fingerprint density at radius 3 is 2.45 bits per heavy atom. The summed E-state index contributed by atoms with van der Waals surface area (Å²) >= 11 is 0. The lowest BCUT2D eigenvalue weighted by Crippen LogP contribution is -2.39. The van der Waals surface area contributed by atoms with Crippen LogP contribution < -0.4 is 15.4 Å². The van der Waals surface area contributed by atoms with Crippen LogP contribution in [-0.4, -0.2) is 25.2 Å². The van der Waals surface area contributed by atoms with E-state index in [-0.39, 0.29) is 0 Å². The summed E-state index contributed by atoms with van der Waals surface area (Å²) < 4.78 is 6.06. The molecule has 1 aliphatic rings. The monoisotopic (exact) mass is 276 g/mol. The van der Waals surface area contributed by atoms with E-state index < -0.39 is 0 Å². The van der Waals surface area contributed by atoms with Crippen LogP contribution in [0.5, 0.6) is 5.75 Å². The van der Waals surface area contributed by atoms with Crippen LogP contribution in [0.25, 0.3) is 0 Å². The summed E-state index contributed by atoms with van der Waals surface area (Å²) in [5, 5.41) is 0. The van der Waals surface area contributed by atoms with Crippen LogP contribution in [0.4, 0.5) is 5.69 Å². The fourth-order valence-electron chi connectivity index (χ4n) is 2.76. The lowest BCUT2D eigenvalue weighted by molar-refractivity contribution is 0.191. The van der Waals surface area contributed by atoms with Crippen molar-refractivity contribution in [3.63, 3.8) is 0 Å². The molecule has 0 radical (unpaired) electrons. The van der Waals surface area contributed by atoms with Crippen molar-refractivity contribution < 1.29 is 4.74 Å². The third kappa shape index (κ3) is 3.66. The maximum absolute atomic E-state index is 6.06. The van der Waals surface area contributed by atoms with E-state index >= 15 is 0 Å². The van der Waals surface area contributed by atoms with Gasteiger partial charge in [0.15, 0.2) is 0 Å². The molecule has 0 amide bonds. The van der Waals surface area contributed by atoms with Crippen LogP contribution in [0.15, 0.2) is 18.2 Å². The van der Waals surface area contributed by atoms with Crippen molar-refractivity contribution in [2.75, 3.05) is 18.0 Å². The van der Waals surface area contributed by atoms with E-state index in [1.807, 2.05) is 0 Å². The number of benzene rings is 1. The molecule has 1 aliphatic heterocycles. The Kier molecular flexibility index (Phi) is 5.30. The molecule has 1 fully saturated rings. The summed E-state index contributed by atoms with van der Waals surface area (Å²) in [7, 11) is 0. The van der Waals surface area contributed by atoms with Gasteiger partial charge in [-0.15, -0.1) is 0 Å². The highest BCUT2D eigenvalue weighted by molar-refractivity contribution is 5.53. The van der Waals surface area contributed by atoms with Gasteiger partial charge in [0.1, 0.15) is 5.75 Å². The molecule has 112 valence electrons. The van der Waals surface area contributed by atoms with Crippen LogP contribution in [0.2, 0.25) is 0 Å². The maximum Gasteiger partial charge on any atom is 0.122 e. The molecule has 0 spiro atoms. The predicted molar refractivity (Wildman–Crippen MR) is 85.6 cm³/mol. The van der Waals surface area contributed by atoms with Gasteiger partial charge in [0, 0.05) is 24.8 Å². The molecule has 0 aliphatic carbocycles. The fraction of sp³-hybridized carbons (Fsp3) is 0.647. The highest BCUT2D eigenvalue weighted by Crippen LogP contribution is 2.27. The number of aryl methyl sites for hydroxylation is 1. The van der Waals surface area contributed by atoms with E-state index in [1.54, 1.807) is 0 Å². The Balaban J connectivity index is 2.05. The molecule has 1 heterocycles. The lowest BCUT2D eigenvalue weighted by Gasteiger charge is -2.32. The van der Waals surface area contributed by atoms with Crippen LogP contribution in [-0.2, 0) is 0 Å². The summed E-state index contributed by atoms with van der Waals surface area (Å²) in [6.45, 7) is 8.61. The van der Waals surface area contributed by atoms with Crippen molar-refractivity contribution in [3.8, 4) is 5.75 Å². The molecule has 2 N–H and O–H groups in total. The molecule has 3 nitrogen and oxygen atoms in total. The second-order valence-electron chi connectivity index (χ2n) is 5.83. The molecular formula is C17H28N2O. The Morgan fingerprint density at radius 1 is 1.25 bits per heavy atom. The van der Waals surface area contributed by atoms with Crippen LogP contribution in [0.3, 0.4) is 0 Å². The molecule has 0 atom stereocenters. The van der Waals surface area contributed by atoms with Gasteiger partial charge in [0.05, 0.1) is 6.10 Å². The largest absolute Gasteiger partial charge is 0.490 e. The quantitative estimate of drug-likeness (QED) is 0.894. The molecule has 0 saturated carbocycles. The molecule has 0 aromatic heterocycles. The lowest BCUT2D eigenvalue weighted by atomic mass is 10.0. The van der Waals surface area contributed by atoms with Gasteiger partial charge in [0.25, 0.3) is 0 Å². The molecule has 1 aromatic carbocycles. The Labute approximate surface area is 123 Å². The number of ether oxygens (including phenoxy) is 1. The van der Waals surface area contributed by atoms with Gasteiger partial charge in [-0.2, -0.15) is 0 Å². The first-order valence-electron chi connectivity index (χ1n) is 7.91. The fourth-order valence-corrected chi connectivity index (χ4v) is 2.76. The SMILES string of the molecule is CCC(CC)Oc1ccc(N2CCC(N)CC2)cc1C. The number of piperidine rings is 1. The summed E-state index contributed by atoms with van der Waals surface area (Å²) in [5.74, 6) is 1.02. The second-order valence-corrected chi connectivity index (χ2v) is 5.83. The number of hydrogen-bond donors (Lipinski definition) is 1. The minimum atomic E-state index is 0.326. The van der Waals surface area contributed by atoms with Gasteiger partial charge >= 0.3 is 0 Å². The highest BCUT2D eigenvalue weighted by atomic mass is 16.5. The smallest absolute Gasteiger partial charge is 0.122 e. The Morgan fingerprint density at radius 2 is 1.90 bits per heavy atom. The normalized spacial score (nSPS) is 16.8. The zero-order chi connectivity index (χ0) is 14.5. The predicted octanol–water partition coefficient (Wildman–Crippen LogP) is 3.49. The van der Waals surface area contributed by atoms with Crippen LogP contribution >= 0.6 is 0 Å². The van der Waals surface area contributed by atoms with E-state index in [0.717, 1.165) is 44.5 Å². The van der Waals surface area contributed by atoms with Gasteiger partial charge in [-0.25, -0.2) is 0 Å². The van der Waals surface area contributed by atoms with Gasteiger partial charge < -0.3 is 15.4 Å². The third-order valence-electron chi connectivity index (χ3n) is 4.27. The summed E-state index contributed by atoms with van der Waals surface area (Å²) in [6, 6.07) is 6.93. The summed E-state index contributed by atoms with van der Waals surface area (Å²) in [6.07, 6.45) is 4.62. The topological polar surface area (TPSA) is 38.5 Å². The molecule has 3 heteroatoms. The van der Waals surface area contributed by atoms with E-state index in [1.165, 1.54) is 11.3 Å². The van der Waals surface area contributed by atoms with Crippen LogP contribution in [0, 0.1) is 6.92 Å². The summed E-state index contributed by atoms with van der Waals surface area (Å²) in [5.41, 5.74) is 8.49. The zero-order valence-corrected chi connectivity index (χ0v) is 13.1. The maximum atomic E-state index is 6.06. The van der Waals surface area contributed by atoms with Gasteiger partial charge in [-0.05, 0) is 56.4 Å². The molecule has 0 bridgehead atoms. The van der Waals surface area contributed by atoms with Gasteiger partial charge in [-0.3, -0.25) is 0 Å². The molecule has 1 aromatic rings. The average Bonchev–Trinajstić information content (AvgIpc) is 2.47. The highest BCUT2D eigenvalue weighted by Gasteiger charge is 2.17. The number of anilines is 1. The molecule has 0 unspecified atom stereocenters. The van der Waals surface area contributed by atoms with E-state index in [2.05, 4.69) is 43.9 Å². The number of rotatable bonds is 5. The standard InChI is InChI=1S/C17H28N2O/c1-4-16(5-2)20-17-7-6-15(12-13(17)3)19-10-8-14(18)9-11-19/h6-7,12,14,16H,4-5,8-11,18H2,1-3H3. The Hall–Kier alpha value is -1.22. The average molecular weight is 276 g/mol. The zero-order valence-electron chi connectivity index (χ0n) is 13.1. The van der Waals surface area contributed by atoms with Crippen LogP contribution in [0.1, 0.15) is 45.1 Å². The number of nitrogens with two attached hydrogens (primary N) is 1. The van der Waals surface area contributed by atoms with Gasteiger partial charge in [-0.1, -0.05) is 13.8 Å². The first-order chi connectivity index (χ1) is 9.63. The van der Waals surface area contributed by atoms with E-state index in [0.29, 0.717) is 12.1 Å².